The Balaban J connectivity index is 1.35. The third-order valence-electron chi connectivity index (χ3n) is 5.83. The number of H-pyrrole nitrogens is 1. The summed E-state index contributed by atoms with van der Waals surface area (Å²) in [6.07, 6.45) is 6.91. The quantitative estimate of drug-likeness (QED) is 0.747. The highest BCUT2D eigenvalue weighted by molar-refractivity contribution is 5.66. The largest absolute Gasteiger partial charge is 0.367 e. The highest BCUT2D eigenvalue weighted by Gasteiger charge is 2.41. The molecule has 0 saturated carbocycles. The molecule has 0 aliphatic carbocycles. The maximum Gasteiger partial charge on any atom is 0.227 e. The number of likely N-dealkylation sites (tertiary alicyclic amines) is 1. The fraction of sp³-hybridized carbons (Fsp3) is 0.333. The number of piperazine rings is 1. The molecule has 138 valence electrons. The van der Waals surface area contributed by atoms with Crippen LogP contribution >= 0.6 is 0 Å². The van der Waals surface area contributed by atoms with Gasteiger partial charge in [-0.3, -0.25) is 4.90 Å². The summed E-state index contributed by atoms with van der Waals surface area (Å²) in [4.78, 5) is 17.1. The number of hydrogen-bond acceptors (Lipinski definition) is 5. The summed E-state index contributed by atoms with van der Waals surface area (Å²) >= 11 is 0. The summed E-state index contributed by atoms with van der Waals surface area (Å²) in [6.45, 7) is 4.49. The van der Waals surface area contributed by atoms with Crippen molar-refractivity contribution in [3.05, 3.63) is 54.5 Å². The molecule has 2 N–H and O–H groups in total. The number of fused-ring (bicyclic) bond motifs is 2. The topological polar surface area (TPSA) is 60.1 Å². The fourth-order valence-electron chi connectivity index (χ4n) is 4.41. The molecule has 0 radical (unpaired) electrons. The van der Waals surface area contributed by atoms with Crippen LogP contribution in [0.4, 0.5) is 17.3 Å². The van der Waals surface area contributed by atoms with E-state index in [0.717, 1.165) is 23.5 Å². The van der Waals surface area contributed by atoms with Crippen LogP contribution in [0.15, 0.2) is 48.9 Å². The lowest BCUT2D eigenvalue weighted by atomic mass is 10.1. The Morgan fingerprint density at radius 2 is 2.07 bits per heavy atom. The fourth-order valence-corrected chi connectivity index (χ4v) is 4.41. The summed E-state index contributed by atoms with van der Waals surface area (Å²) in [5.41, 5.74) is 5.62. The van der Waals surface area contributed by atoms with Crippen molar-refractivity contribution in [1.29, 1.82) is 0 Å². The number of rotatable bonds is 4. The lowest BCUT2D eigenvalue weighted by Gasteiger charge is -2.34. The smallest absolute Gasteiger partial charge is 0.227 e. The number of anilines is 3. The Bertz CT molecular complexity index is 949. The van der Waals surface area contributed by atoms with E-state index in [9.17, 15) is 0 Å². The van der Waals surface area contributed by atoms with Crippen molar-refractivity contribution in [3.63, 3.8) is 0 Å². The maximum absolute atomic E-state index is 4.62. The average molecular weight is 360 g/mol. The molecule has 27 heavy (non-hydrogen) atoms. The number of nitrogens with zero attached hydrogens (tertiary/aromatic N) is 4. The second kappa shape index (κ2) is 6.39. The average Bonchev–Trinajstić information content (AvgIpc) is 3.39. The van der Waals surface area contributed by atoms with Gasteiger partial charge in [0, 0.05) is 60.7 Å². The molecule has 4 heterocycles. The van der Waals surface area contributed by atoms with Crippen molar-refractivity contribution in [2.45, 2.75) is 25.4 Å². The van der Waals surface area contributed by atoms with Gasteiger partial charge in [-0.1, -0.05) is 0 Å². The first-order valence-corrected chi connectivity index (χ1v) is 9.48. The zero-order valence-electron chi connectivity index (χ0n) is 15.7. The van der Waals surface area contributed by atoms with Crippen molar-refractivity contribution in [2.75, 3.05) is 30.4 Å². The molecule has 3 aromatic rings. The molecule has 2 aromatic heterocycles. The number of aromatic amines is 1. The van der Waals surface area contributed by atoms with Gasteiger partial charge in [0.1, 0.15) is 0 Å². The van der Waals surface area contributed by atoms with E-state index in [2.05, 4.69) is 62.2 Å². The van der Waals surface area contributed by atoms with E-state index < -0.39 is 0 Å². The minimum atomic E-state index is 0.614. The maximum atomic E-state index is 4.62. The highest BCUT2D eigenvalue weighted by Crippen LogP contribution is 2.36. The van der Waals surface area contributed by atoms with E-state index in [1.807, 2.05) is 24.5 Å². The van der Waals surface area contributed by atoms with Gasteiger partial charge in [-0.15, -0.1) is 0 Å². The molecule has 2 fully saturated rings. The molecule has 2 unspecified atom stereocenters. The molecule has 2 bridgehead atoms. The second-order valence-electron chi connectivity index (χ2n) is 7.63. The first-order valence-electron chi connectivity index (χ1n) is 9.48. The third-order valence-corrected chi connectivity index (χ3v) is 5.83. The summed E-state index contributed by atoms with van der Waals surface area (Å²) in [5.74, 6) is 0.614. The summed E-state index contributed by atoms with van der Waals surface area (Å²) in [5, 5.41) is 3.35. The summed E-state index contributed by atoms with van der Waals surface area (Å²) < 4.78 is 0. The van der Waals surface area contributed by atoms with Gasteiger partial charge in [-0.25, -0.2) is 9.97 Å². The van der Waals surface area contributed by atoms with Gasteiger partial charge >= 0.3 is 0 Å². The number of likely N-dealkylation sites (N-methyl/N-ethyl adjacent to an activating group) is 1. The van der Waals surface area contributed by atoms with Gasteiger partial charge in [-0.2, -0.15) is 0 Å². The Kier molecular flexibility index (Phi) is 3.86. The van der Waals surface area contributed by atoms with Crippen molar-refractivity contribution in [1.82, 2.24) is 19.9 Å². The molecule has 6 nitrogen and oxygen atoms in total. The van der Waals surface area contributed by atoms with E-state index in [1.165, 1.54) is 24.2 Å². The second-order valence-corrected chi connectivity index (χ2v) is 7.63. The van der Waals surface area contributed by atoms with Crippen LogP contribution in [0.1, 0.15) is 12.0 Å². The van der Waals surface area contributed by atoms with Crippen molar-refractivity contribution >= 4 is 17.3 Å². The van der Waals surface area contributed by atoms with E-state index in [-0.39, 0.29) is 0 Å². The number of nitrogens with one attached hydrogen (secondary N) is 2. The van der Waals surface area contributed by atoms with Crippen LogP contribution in [-0.2, 0) is 0 Å². The minimum Gasteiger partial charge on any atom is -0.367 e. The number of aromatic nitrogens is 3. The van der Waals surface area contributed by atoms with Crippen LogP contribution in [0.25, 0.3) is 11.3 Å². The molecule has 2 atom stereocenters. The normalized spacial score (nSPS) is 21.8. The van der Waals surface area contributed by atoms with Crippen LogP contribution in [0.2, 0.25) is 0 Å². The molecule has 2 aliphatic heterocycles. The molecule has 1 aromatic carbocycles. The van der Waals surface area contributed by atoms with Gasteiger partial charge in [0.2, 0.25) is 5.95 Å². The first kappa shape index (κ1) is 16.3. The zero-order valence-corrected chi connectivity index (χ0v) is 15.7. The van der Waals surface area contributed by atoms with Crippen LogP contribution in [0.5, 0.6) is 0 Å². The Morgan fingerprint density at radius 1 is 1.15 bits per heavy atom. The lowest BCUT2D eigenvalue weighted by molar-refractivity contribution is 0.292. The van der Waals surface area contributed by atoms with Gasteiger partial charge in [0.25, 0.3) is 0 Å². The van der Waals surface area contributed by atoms with Gasteiger partial charge < -0.3 is 15.2 Å². The molecular formula is C21H24N6. The molecule has 0 spiro atoms. The van der Waals surface area contributed by atoms with Gasteiger partial charge in [-0.05, 0) is 56.3 Å². The monoisotopic (exact) mass is 360 g/mol. The van der Waals surface area contributed by atoms with Crippen molar-refractivity contribution in [2.24, 2.45) is 0 Å². The third kappa shape index (κ3) is 2.96. The van der Waals surface area contributed by atoms with Gasteiger partial charge in [0.05, 0.1) is 5.69 Å². The van der Waals surface area contributed by atoms with Crippen LogP contribution in [0.3, 0.4) is 0 Å². The van der Waals surface area contributed by atoms with Crippen LogP contribution in [0, 0.1) is 6.92 Å². The molecule has 5 rings (SSSR count). The van der Waals surface area contributed by atoms with Gasteiger partial charge in [0.15, 0.2) is 0 Å². The Labute approximate surface area is 159 Å². The standard InChI is InChI=1S/C21H24N6/c1-14-9-16(3-4-20(14)27-13-17-10-18(27)12-26(17)2)24-21-23-8-6-19(25-21)15-5-7-22-11-15/h3-9,11,17-18,22H,10,12-13H2,1-2H3,(H,23,24,25). The van der Waals surface area contributed by atoms with E-state index in [4.69, 9.17) is 0 Å². The molecule has 0 amide bonds. The van der Waals surface area contributed by atoms with Crippen molar-refractivity contribution in [3.8, 4) is 11.3 Å². The van der Waals surface area contributed by atoms with E-state index in [1.54, 1.807) is 6.20 Å². The Hall–Kier alpha value is -2.86. The van der Waals surface area contributed by atoms with E-state index in [0.29, 0.717) is 18.0 Å². The van der Waals surface area contributed by atoms with Crippen LogP contribution < -0.4 is 10.2 Å². The SMILES string of the molecule is Cc1cc(Nc2nccc(-c3cc[nH]c3)n2)ccc1N1CC2CC1CN2C. The zero-order chi connectivity index (χ0) is 18.4. The van der Waals surface area contributed by atoms with Crippen molar-refractivity contribution < 1.29 is 0 Å². The molecular weight excluding hydrogens is 336 g/mol. The predicted octanol–water partition coefficient (Wildman–Crippen LogP) is 3.42. The number of hydrogen-bond donors (Lipinski definition) is 2. The lowest BCUT2D eigenvalue weighted by Crippen LogP contribution is -2.44. The Morgan fingerprint density at radius 3 is 2.78 bits per heavy atom. The van der Waals surface area contributed by atoms with E-state index >= 15 is 0 Å². The first-order chi connectivity index (χ1) is 13.2. The molecule has 2 aliphatic rings. The number of benzene rings is 1. The minimum absolute atomic E-state index is 0.614. The molecule has 2 saturated heterocycles. The number of aryl methyl sites for hydroxylation is 1. The predicted molar refractivity (Wildman–Crippen MR) is 108 cm³/mol. The molecule has 6 heteroatoms. The summed E-state index contributed by atoms with van der Waals surface area (Å²) in [7, 11) is 2.24. The highest BCUT2D eigenvalue weighted by atomic mass is 15.3. The van der Waals surface area contributed by atoms with Crippen LogP contribution in [-0.4, -0.2) is 52.1 Å². The summed E-state index contributed by atoms with van der Waals surface area (Å²) in [6, 6.07) is 11.8.